The topological polar surface area (TPSA) is 24.1 Å². The molecule has 0 atom stereocenters. The summed E-state index contributed by atoms with van der Waals surface area (Å²) in [5.74, 6) is 0. The van der Waals surface area contributed by atoms with Crippen LogP contribution >= 0.6 is 0 Å². The van der Waals surface area contributed by atoms with Crippen LogP contribution in [0, 0.1) is 5.41 Å². The van der Waals surface area contributed by atoms with Gasteiger partial charge in [0.2, 0.25) is 0 Å². The van der Waals surface area contributed by atoms with Crippen molar-refractivity contribution in [2.75, 3.05) is 6.54 Å². The van der Waals surface area contributed by atoms with Crippen LogP contribution in [0.5, 0.6) is 0 Å². The fraction of sp³-hybridized carbons (Fsp3) is 0.600. The third kappa shape index (κ3) is 5.98. The van der Waals surface area contributed by atoms with Crippen molar-refractivity contribution in [1.29, 1.82) is 0 Å². The maximum Gasteiger partial charge on any atom is 0.0119 e. The van der Waals surface area contributed by atoms with Gasteiger partial charge in [-0.1, -0.05) is 39.0 Å². The molecular formula is C10H20N2. The van der Waals surface area contributed by atoms with Crippen molar-refractivity contribution in [2.24, 2.45) is 5.41 Å². The van der Waals surface area contributed by atoms with Gasteiger partial charge in [0, 0.05) is 18.2 Å². The molecule has 0 aromatic rings. The zero-order valence-electron chi connectivity index (χ0n) is 8.52. The lowest BCUT2D eigenvalue weighted by atomic mass is 9.93. The fourth-order valence-electron chi connectivity index (χ4n) is 0.903. The third-order valence-corrected chi connectivity index (χ3v) is 1.47. The van der Waals surface area contributed by atoms with Crippen molar-refractivity contribution in [3.05, 3.63) is 24.4 Å². The van der Waals surface area contributed by atoms with Gasteiger partial charge >= 0.3 is 0 Å². The van der Waals surface area contributed by atoms with Gasteiger partial charge in [-0.05, 0) is 6.92 Å². The Morgan fingerprint density at radius 1 is 1.25 bits per heavy atom. The molecule has 0 bridgehead atoms. The van der Waals surface area contributed by atoms with E-state index < -0.39 is 0 Å². The monoisotopic (exact) mass is 168 g/mol. The van der Waals surface area contributed by atoms with E-state index in [0.717, 1.165) is 6.54 Å². The van der Waals surface area contributed by atoms with E-state index in [1.54, 1.807) is 0 Å². The second kappa shape index (κ2) is 5.84. The van der Waals surface area contributed by atoms with Gasteiger partial charge in [0.15, 0.2) is 0 Å². The number of nitrogens with one attached hydrogen (secondary N) is 2. The first-order chi connectivity index (χ1) is 5.62. The van der Waals surface area contributed by atoms with E-state index in [9.17, 15) is 0 Å². The maximum absolute atomic E-state index is 3.00. The highest BCUT2D eigenvalue weighted by Gasteiger charge is 2.06. The summed E-state index contributed by atoms with van der Waals surface area (Å²) >= 11 is 0. The molecule has 0 spiro atoms. The first-order valence-corrected chi connectivity index (χ1v) is 4.42. The van der Waals surface area contributed by atoms with Crippen molar-refractivity contribution in [3.8, 4) is 0 Å². The van der Waals surface area contributed by atoms with Crippen LogP contribution in [0.25, 0.3) is 0 Å². The van der Waals surface area contributed by atoms with Crippen molar-refractivity contribution < 1.29 is 0 Å². The molecule has 0 aliphatic heterocycles. The highest BCUT2D eigenvalue weighted by Crippen LogP contribution is 2.17. The van der Waals surface area contributed by atoms with Crippen molar-refractivity contribution >= 4 is 0 Å². The molecule has 2 heteroatoms. The quantitative estimate of drug-likeness (QED) is 0.373. The highest BCUT2D eigenvalue weighted by atomic mass is 15.3. The predicted molar refractivity (Wildman–Crippen MR) is 54.5 cm³/mol. The van der Waals surface area contributed by atoms with E-state index in [4.69, 9.17) is 0 Å². The molecule has 0 aliphatic carbocycles. The van der Waals surface area contributed by atoms with Gasteiger partial charge in [-0.2, -0.15) is 0 Å². The summed E-state index contributed by atoms with van der Waals surface area (Å²) in [6, 6.07) is 0. The van der Waals surface area contributed by atoms with E-state index in [1.807, 2.05) is 13.1 Å². The lowest BCUT2D eigenvalue weighted by molar-refractivity contribution is 0.601. The largest absolute Gasteiger partial charge is 0.329 e. The molecule has 2 nitrogen and oxygen atoms in total. The molecule has 0 radical (unpaired) electrons. The number of hydrazine groups is 1. The van der Waals surface area contributed by atoms with Crippen LogP contribution in [0.3, 0.4) is 0 Å². The minimum Gasteiger partial charge on any atom is -0.329 e. The minimum atomic E-state index is 0.136. The lowest BCUT2D eigenvalue weighted by Crippen LogP contribution is -2.26. The summed E-state index contributed by atoms with van der Waals surface area (Å²) in [5.41, 5.74) is 6.12. The van der Waals surface area contributed by atoms with Crippen LogP contribution in [-0.2, 0) is 0 Å². The lowest BCUT2D eigenvalue weighted by Gasteiger charge is -2.14. The van der Waals surface area contributed by atoms with Crippen LogP contribution in [-0.4, -0.2) is 6.54 Å². The van der Waals surface area contributed by atoms with Crippen LogP contribution < -0.4 is 10.9 Å². The molecule has 0 rings (SSSR count). The Kier molecular flexibility index (Phi) is 5.47. The van der Waals surface area contributed by atoms with Crippen LogP contribution in [0.4, 0.5) is 0 Å². The van der Waals surface area contributed by atoms with Gasteiger partial charge in [-0.25, -0.2) is 5.43 Å². The number of allylic oxidation sites excluding steroid dienone is 3. The van der Waals surface area contributed by atoms with E-state index in [1.165, 1.54) is 0 Å². The van der Waals surface area contributed by atoms with Crippen LogP contribution in [0.2, 0.25) is 0 Å². The maximum atomic E-state index is 3.00. The van der Waals surface area contributed by atoms with E-state index in [0.29, 0.717) is 0 Å². The molecular weight excluding hydrogens is 148 g/mol. The Morgan fingerprint density at radius 2 is 1.92 bits per heavy atom. The molecule has 0 aliphatic rings. The zero-order valence-corrected chi connectivity index (χ0v) is 8.52. The molecule has 12 heavy (non-hydrogen) atoms. The molecule has 0 fully saturated rings. The first kappa shape index (κ1) is 11.2. The van der Waals surface area contributed by atoms with Crippen molar-refractivity contribution in [1.82, 2.24) is 10.9 Å². The molecule has 0 aromatic carbocycles. The fourth-order valence-corrected chi connectivity index (χ4v) is 0.903. The summed E-state index contributed by atoms with van der Waals surface area (Å²) in [6.45, 7) is 9.34. The minimum absolute atomic E-state index is 0.136. The normalized spacial score (nSPS) is 13.0. The summed E-state index contributed by atoms with van der Waals surface area (Å²) in [5, 5.41) is 0. The Bertz CT molecular complexity index is 157. The van der Waals surface area contributed by atoms with E-state index in [-0.39, 0.29) is 5.41 Å². The number of rotatable bonds is 5. The van der Waals surface area contributed by atoms with Crippen LogP contribution in [0.15, 0.2) is 24.4 Å². The summed E-state index contributed by atoms with van der Waals surface area (Å²) in [7, 11) is 0. The highest BCUT2D eigenvalue weighted by molar-refractivity contribution is 5.05. The average molecular weight is 168 g/mol. The number of hydrogen-bond acceptors (Lipinski definition) is 2. The Balaban J connectivity index is 3.79. The van der Waals surface area contributed by atoms with E-state index in [2.05, 4.69) is 49.9 Å². The SMILES string of the molecule is C/C=C/C(C)(C)/C=C\NNCC. The molecule has 0 saturated carbocycles. The molecule has 0 unspecified atom stereocenters. The summed E-state index contributed by atoms with van der Waals surface area (Å²) in [6.07, 6.45) is 8.29. The predicted octanol–water partition coefficient (Wildman–Crippen LogP) is 2.22. The summed E-state index contributed by atoms with van der Waals surface area (Å²) < 4.78 is 0. The van der Waals surface area contributed by atoms with Crippen molar-refractivity contribution in [3.63, 3.8) is 0 Å². The molecule has 0 amide bonds. The van der Waals surface area contributed by atoms with Gasteiger partial charge in [0.1, 0.15) is 0 Å². The smallest absolute Gasteiger partial charge is 0.0119 e. The van der Waals surface area contributed by atoms with Crippen molar-refractivity contribution in [2.45, 2.75) is 27.7 Å². The second-order valence-electron chi connectivity index (χ2n) is 3.33. The molecule has 2 N–H and O–H groups in total. The van der Waals surface area contributed by atoms with E-state index >= 15 is 0 Å². The zero-order chi connectivity index (χ0) is 9.45. The van der Waals surface area contributed by atoms with Gasteiger partial charge in [-0.3, -0.25) is 0 Å². The summed E-state index contributed by atoms with van der Waals surface area (Å²) in [4.78, 5) is 0. The van der Waals surface area contributed by atoms with Gasteiger partial charge in [0.05, 0.1) is 0 Å². The Labute approximate surface area is 75.7 Å². The third-order valence-electron chi connectivity index (χ3n) is 1.47. The first-order valence-electron chi connectivity index (χ1n) is 4.42. The Hall–Kier alpha value is -0.760. The molecule has 0 heterocycles. The van der Waals surface area contributed by atoms with Gasteiger partial charge in [-0.15, -0.1) is 0 Å². The molecule has 70 valence electrons. The second-order valence-corrected chi connectivity index (χ2v) is 3.33. The number of hydrogen-bond donors (Lipinski definition) is 2. The molecule has 0 saturated heterocycles. The van der Waals surface area contributed by atoms with Gasteiger partial charge < -0.3 is 5.43 Å². The van der Waals surface area contributed by atoms with Crippen LogP contribution in [0.1, 0.15) is 27.7 Å². The molecule has 0 aromatic heterocycles. The van der Waals surface area contributed by atoms with Gasteiger partial charge in [0.25, 0.3) is 0 Å². The standard InChI is InChI=1S/C10H20N2/c1-5-7-10(3,4)8-9-12-11-6-2/h5,7-9,11-12H,6H2,1-4H3/b7-5+,9-8-. The Morgan fingerprint density at radius 3 is 2.42 bits per heavy atom. The average Bonchev–Trinajstić information content (AvgIpc) is 1.98.